The van der Waals surface area contributed by atoms with Gasteiger partial charge in [0, 0.05) is 41.3 Å². The number of nitrogens with zero attached hydrogens (tertiary/aromatic N) is 3. The molecule has 1 aliphatic rings. The van der Waals surface area contributed by atoms with Crippen molar-refractivity contribution in [1.82, 2.24) is 14.5 Å². The van der Waals surface area contributed by atoms with E-state index in [2.05, 4.69) is 4.98 Å². The molecule has 2 aromatic heterocycles. The molecule has 0 saturated heterocycles. The second-order valence-corrected chi connectivity index (χ2v) is 6.71. The molecule has 3 aromatic rings. The smallest absolute Gasteiger partial charge is 0.254 e. The molecule has 1 aliphatic carbocycles. The third kappa shape index (κ3) is 3.05. The van der Waals surface area contributed by atoms with Gasteiger partial charge in [0.15, 0.2) is 0 Å². The van der Waals surface area contributed by atoms with Gasteiger partial charge in [-0.3, -0.25) is 4.79 Å². The maximum atomic E-state index is 12.8. The van der Waals surface area contributed by atoms with Crippen LogP contribution in [0.5, 0.6) is 0 Å². The molecule has 0 unspecified atom stereocenters. The van der Waals surface area contributed by atoms with Gasteiger partial charge in [0.1, 0.15) is 5.01 Å². The Morgan fingerprint density at radius 1 is 1.22 bits per heavy atom. The molecule has 5 heteroatoms. The van der Waals surface area contributed by atoms with Crippen molar-refractivity contribution in [3.63, 3.8) is 0 Å². The second kappa shape index (κ2) is 6.01. The summed E-state index contributed by atoms with van der Waals surface area (Å²) in [6.45, 7) is 0.612. The number of thiazole rings is 1. The molecule has 0 spiro atoms. The molecule has 1 saturated carbocycles. The minimum Gasteiger partial charge on any atom is -0.329 e. The highest BCUT2D eigenvalue weighted by Crippen LogP contribution is 2.30. The van der Waals surface area contributed by atoms with Crippen molar-refractivity contribution in [2.45, 2.75) is 25.4 Å². The average molecular weight is 323 g/mol. The Hall–Kier alpha value is -2.40. The van der Waals surface area contributed by atoms with Crippen LogP contribution in [0.2, 0.25) is 0 Å². The van der Waals surface area contributed by atoms with Gasteiger partial charge in [-0.05, 0) is 49.2 Å². The zero-order chi connectivity index (χ0) is 15.6. The monoisotopic (exact) mass is 323 g/mol. The van der Waals surface area contributed by atoms with Crippen molar-refractivity contribution in [2.24, 2.45) is 0 Å². The predicted molar refractivity (Wildman–Crippen MR) is 90.8 cm³/mol. The topological polar surface area (TPSA) is 38.1 Å². The number of carbonyl (C=O) groups excluding carboxylic acids is 1. The summed E-state index contributed by atoms with van der Waals surface area (Å²) in [5.74, 6) is 0.0988. The van der Waals surface area contributed by atoms with Gasteiger partial charge >= 0.3 is 0 Å². The fourth-order valence-electron chi connectivity index (χ4n) is 2.68. The molecule has 0 aliphatic heterocycles. The van der Waals surface area contributed by atoms with Gasteiger partial charge < -0.3 is 9.47 Å². The maximum Gasteiger partial charge on any atom is 0.254 e. The van der Waals surface area contributed by atoms with Crippen molar-refractivity contribution in [2.75, 3.05) is 0 Å². The van der Waals surface area contributed by atoms with E-state index < -0.39 is 0 Å². The normalized spacial score (nSPS) is 13.9. The van der Waals surface area contributed by atoms with E-state index >= 15 is 0 Å². The lowest BCUT2D eigenvalue weighted by Gasteiger charge is -2.21. The van der Waals surface area contributed by atoms with E-state index in [1.165, 1.54) is 0 Å². The summed E-state index contributed by atoms with van der Waals surface area (Å²) in [5, 5.41) is 2.95. The van der Waals surface area contributed by atoms with Gasteiger partial charge in [0.2, 0.25) is 0 Å². The molecule has 116 valence electrons. The molecule has 4 nitrogen and oxygen atoms in total. The number of amides is 1. The van der Waals surface area contributed by atoms with Crippen LogP contribution < -0.4 is 0 Å². The van der Waals surface area contributed by atoms with Gasteiger partial charge in [-0.2, -0.15) is 0 Å². The maximum absolute atomic E-state index is 12.8. The first-order chi connectivity index (χ1) is 11.3. The van der Waals surface area contributed by atoms with E-state index in [0.29, 0.717) is 12.6 Å². The van der Waals surface area contributed by atoms with Crippen LogP contribution in [0.1, 0.15) is 28.2 Å². The quantitative estimate of drug-likeness (QED) is 0.717. The molecular weight excluding hydrogens is 306 g/mol. The molecule has 4 rings (SSSR count). The van der Waals surface area contributed by atoms with Crippen molar-refractivity contribution < 1.29 is 4.79 Å². The SMILES string of the molecule is O=C(c1ccc(-n2cccc2)cc1)N(Cc1nccs1)C1CC1. The lowest BCUT2D eigenvalue weighted by atomic mass is 10.1. The molecule has 0 radical (unpaired) electrons. The van der Waals surface area contributed by atoms with Crippen LogP contribution in [0.3, 0.4) is 0 Å². The molecule has 0 atom stereocenters. The Balaban J connectivity index is 1.54. The number of hydrogen-bond donors (Lipinski definition) is 0. The lowest BCUT2D eigenvalue weighted by molar-refractivity contribution is 0.0730. The Labute approximate surface area is 139 Å². The lowest BCUT2D eigenvalue weighted by Crippen LogP contribution is -2.32. The van der Waals surface area contributed by atoms with Gasteiger partial charge in [-0.15, -0.1) is 11.3 Å². The summed E-state index contributed by atoms with van der Waals surface area (Å²) in [7, 11) is 0. The number of benzene rings is 1. The van der Waals surface area contributed by atoms with Crippen LogP contribution >= 0.6 is 11.3 Å². The third-order valence-electron chi connectivity index (χ3n) is 4.05. The first-order valence-corrected chi connectivity index (χ1v) is 8.62. The van der Waals surface area contributed by atoms with Crippen molar-refractivity contribution in [3.8, 4) is 5.69 Å². The number of aromatic nitrogens is 2. The molecule has 1 fully saturated rings. The summed E-state index contributed by atoms with van der Waals surface area (Å²) in [4.78, 5) is 19.1. The summed E-state index contributed by atoms with van der Waals surface area (Å²) in [6, 6.07) is 12.1. The zero-order valence-corrected chi connectivity index (χ0v) is 13.4. The van der Waals surface area contributed by atoms with Crippen molar-refractivity contribution >= 4 is 17.2 Å². The van der Waals surface area contributed by atoms with Gasteiger partial charge in [0.25, 0.3) is 5.91 Å². The van der Waals surface area contributed by atoms with Crippen LogP contribution in [0.4, 0.5) is 0 Å². The van der Waals surface area contributed by atoms with Crippen LogP contribution in [0.25, 0.3) is 5.69 Å². The highest BCUT2D eigenvalue weighted by atomic mass is 32.1. The number of hydrogen-bond acceptors (Lipinski definition) is 3. The Kier molecular flexibility index (Phi) is 3.71. The molecule has 0 N–H and O–H groups in total. The highest BCUT2D eigenvalue weighted by Gasteiger charge is 2.33. The van der Waals surface area contributed by atoms with Crippen LogP contribution in [0.15, 0.2) is 60.4 Å². The van der Waals surface area contributed by atoms with Gasteiger partial charge in [0.05, 0.1) is 6.54 Å². The van der Waals surface area contributed by atoms with E-state index in [9.17, 15) is 4.79 Å². The molecule has 2 heterocycles. The van der Waals surface area contributed by atoms with Gasteiger partial charge in [-0.25, -0.2) is 4.98 Å². The van der Waals surface area contributed by atoms with Crippen molar-refractivity contribution in [1.29, 1.82) is 0 Å². The Morgan fingerprint density at radius 3 is 2.57 bits per heavy atom. The molecule has 1 amide bonds. The minimum absolute atomic E-state index is 0.0988. The Morgan fingerprint density at radius 2 is 1.96 bits per heavy atom. The number of carbonyl (C=O) groups is 1. The summed E-state index contributed by atoms with van der Waals surface area (Å²) < 4.78 is 2.03. The summed E-state index contributed by atoms with van der Waals surface area (Å²) >= 11 is 1.60. The predicted octanol–water partition coefficient (Wildman–Crippen LogP) is 3.74. The van der Waals surface area contributed by atoms with E-state index in [1.807, 2.05) is 63.6 Å². The first-order valence-electron chi connectivity index (χ1n) is 7.74. The van der Waals surface area contributed by atoms with Gasteiger partial charge in [-0.1, -0.05) is 0 Å². The third-order valence-corrected chi connectivity index (χ3v) is 4.82. The number of rotatable bonds is 5. The van der Waals surface area contributed by atoms with E-state index in [0.717, 1.165) is 29.1 Å². The van der Waals surface area contributed by atoms with Crippen LogP contribution in [-0.2, 0) is 6.54 Å². The highest BCUT2D eigenvalue weighted by molar-refractivity contribution is 7.09. The van der Waals surface area contributed by atoms with Crippen LogP contribution in [0, 0.1) is 0 Å². The molecule has 0 bridgehead atoms. The summed E-state index contributed by atoms with van der Waals surface area (Å²) in [5.41, 5.74) is 1.80. The molecular formula is C18H17N3OS. The molecule has 23 heavy (non-hydrogen) atoms. The first kappa shape index (κ1) is 14.2. The van der Waals surface area contributed by atoms with E-state index in [4.69, 9.17) is 0 Å². The average Bonchev–Trinajstić information content (AvgIpc) is 3.06. The second-order valence-electron chi connectivity index (χ2n) is 5.73. The minimum atomic E-state index is 0.0988. The zero-order valence-electron chi connectivity index (χ0n) is 12.6. The van der Waals surface area contributed by atoms with Crippen LogP contribution in [-0.4, -0.2) is 26.4 Å². The Bertz CT molecular complexity index is 774. The standard InChI is InChI=1S/C18H17N3OS/c22-18(21(16-7-8-16)13-17-19-9-12-23-17)14-3-5-15(6-4-14)20-10-1-2-11-20/h1-6,9-12,16H,7-8,13H2. The molecule has 1 aromatic carbocycles. The summed E-state index contributed by atoms with van der Waals surface area (Å²) in [6.07, 6.45) is 7.98. The van der Waals surface area contributed by atoms with E-state index in [-0.39, 0.29) is 5.91 Å². The fraction of sp³-hybridized carbons (Fsp3) is 0.222. The van der Waals surface area contributed by atoms with E-state index in [1.54, 1.807) is 17.5 Å². The largest absolute Gasteiger partial charge is 0.329 e. The van der Waals surface area contributed by atoms with Crippen molar-refractivity contribution in [3.05, 3.63) is 70.9 Å². The fourth-order valence-corrected chi connectivity index (χ4v) is 3.29.